The van der Waals surface area contributed by atoms with Crippen molar-refractivity contribution in [1.29, 1.82) is 0 Å². The molecule has 2 aromatic rings. The fourth-order valence-corrected chi connectivity index (χ4v) is 3.11. The predicted octanol–water partition coefficient (Wildman–Crippen LogP) is 1.19. The molecule has 0 saturated carbocycles. The van der Waals surface area contributed by atoms with E-state index in [2.05, 4.69) is 5.10 Å². The highest BCUT2D eigenvalue weighted by molar-refractivity contribution is 6.01. The Hall–Kier alpha value is -2.34. The van der Waals surface area contributed by atoms with Crippen molar-refractivity contribution in [1.82, 2.24) is 9.78 Å². The summed E-state index contributed by atoms with van der Waals surface area (Å²) in [6.45, 7) is 0. The zero-order chi connectivity index (χ0) is 15.9. The molecular weight excluding hydrogens is 280 g/mol. The third kappa shape index (κ3) is 2.07. The first-order chi connectivity index (χ1) is 10.5. The van der Waals surface area contributed by atoms with Crippen LogP contribution in [0.1, 0.15) is 17.5 Å². The Morgan fingerprint density at radius 2 is 2.27 bits per heavy atom. The van der Waals surface area contributed by atoms with Gasteiger partial charge in [-0.15, -0.1) is 0 Å². The summed E-state index contributed by atoms with van der Waals surface area (Å²) >= 11 is 0. The fourth-order valence-electron chi connectivity index (χ4n) is 3.11. The normalized spacial score (nSPS) is 19.8. The van der Waals surface area contributed by atoms with Gasteiger partial charge < -0.3 is 15.4 Å². The lowest BCUT2D eigenvalue weighted by atomic mass is 9.91. The molecule has 0 spiro atoms. The standard InChI is InChI=1S/C16H20N4O2/c1-19-10-11(9-18-19)20(2)15(21)16(17)8-7-12-13(16)5-4-6-14(12)22-3/h4-6,9-10H,7-8,17H2,1-3H3. The Morgan fingerprint density at radius 1 is 1.50 bits per heavy atom. The molecule has 0 saturated heterocycles. The Bertz CT molecular complexity index is 725. The van der Waals surface area contributed by atoms with Crippen LogP contribution in [0.2, 0.25) is 0 Å². The molecule has 22 heavy (non-hydrogen) atoms. The minimum absolute atomic E-state index is 0.132. The number of aryl methyl sites for hydroxylation is 1. The molecule has 2 N–H and O–H groups in total. The largest absolute Gasteiger partial charge is 0.496 e. The second-order valence-electron chi connectivity index (χ2n) is 5.69. The van der Waals surface area contributed by atoms with Gasteiger partial charge in [0, 0.05) is 20.3 Å². The summed E-state index contributed by atoms with van der Waals surface area (Å²) in [6, 6.07) is 5.70. The lowest BCUT2D eigenvalue weighted by Gasteiger charge is -2.29. The molecule has 1 heterocycles. The van der Waals surface area contributed by atoms with E-state index in [0.29, 0.717) is 6.42 Å². The van der Waals surface area contributed by atoms with E-state index in [1.54, 1.807) is 36.1 Å². The van der Waals surface area contributed by atoms with E-state index >= 15 is 0 Å². The Morgan fingerprint density at radius 3 is 2.91 bits per heavy atom. The van der Waals surface area contributed by atoms with Crippen LogP contribution < -0.4 is 15.4 Å². The van der Waals surface area contributed by atoms with Crippen LogP contribution in [0.4, 0.5) is 5.69 Å². The minimum Gasteiger partial charge on any atom is -0.496 e. The second kappa shape index (κ2) is 5.14. The summed E-state index contributed by atoms with van der Waals surface area (Å²) in [6.07, 6.45) is 4.76. The molecule has 6 nitrogen and oxygen atoms in total. The fraction of sp³-hybridized carbons (Fsp3) is 0.375. The summed E-state index contributed by atoms with van der Waals surface area (Å²) < 4.78 is 7.05. The highest BCUT2D eigenvalue weighted by Gasteiger charge is 2.44. The number of nitrogens with zero attached hydrogens (tertiary/aromatic N) is 3. The molecule has 1 aliphatic carbocycles. The number of aromatic nitrogens is 2. The zero-order valence-corrected chi connectivity index (χ0v) is 13.0. The highest BCUT2D eigenvalue weighted by atomic mass is 16.5. The van der Waals surface area contributed by atoms with Gasteiger partial charge in [0.2, 0.25) is 0 Å². The van der Waals surface area contributed by atoms with Gasteiger partial charge in [-0.2, -0.15) is 5.10 Å². The van der Waals surface area contributed by atoms with Gasteiger partial charge in [0.05, 0.1) is 19.0 Å². The van der Waals surface area contributed by atoms with Crippen molar-refractivity contribution < 1.29 is 9.53 Å². The number of methoxy groups -OCH3 is 1. The first kappa shape index (κ1) is 14.6. The van der Waals surface area contributed by atoms with E-state index < -0.39 is 5.54 Å². The molecule has 1 aliphatic rings. The molecule has 0 fully saturated rings. The van der Waals surface area contributed by atoms with Crippen LogP contribution in [-0.2, 0) is 23.8 Å². The predicted molar refractivity (Wildman–Crippen MR) is 83.8 cm³/mol. The molecule has 1 atom stereocenters. The zero-order valence-electron chi connectivity index (χ0n) is 13.0. The molecule has 0 aliphatic heterocycles. The van der Waals surface area contributed by atoms with Crippen LogP contribution in [0.5, 0.6) is 5.75 Å². The van der Waals surface area contributed by atoms with Crippen molar-refractivity contribution in [3.8, 4) is 5.75 Å². The monoisotopic (exact) mass is 300 g/mol. The van der Waals surface area contributed by atoms with Gasteiger partial charge in [-0.25, -0.2) is 0 Å². The number of likely N-dealkylation sites (N-methyl/N-ethyl adjacent to an activating group) is 1. The molecule has 0 bridgehead atoms. The lowest BCUT2D eigenvalue weighted by Crippen LogP contribution is -2.50. The van der Waals surface area contributed by atoms with Crippen LogP contribution >= 0.6 is 0 Å². The van der Waals surface area contributed by atoms with Gasteiger partial charge >= 0.3 is 0 Å². The molecule has 1 amide bonds. The first-order valence-corrected chi connectivity index (χ1v) is 7.19. The van der Waals surface area contributed by atoms with Crippen LogP contribution in [0, 0.1) is 0 Å². The number of benzene rings is 1. The summed E-state index contributed by atoms with van der Waals surface area (Å²) in [7, 11) is 5.18. The van der Waals surface area contributed by atoms with Gasteiger partial charge in [-0.05, 0) is 30.0 Å². The van der Waals surface area contributed by atoms with E-state index in [9.17, 15) is 4.79 Å². The maximum absolute atomic E-state index is 13.0. The molecule has 1 unspecified atom stereocenters. The number of hydrogen-bond acceptors (Lipinski definition) is 4. The number of anilines is 1. The number of fused-ring (bicyclic) bond motifs is 1. The molecule has 0 radical (unpaired) electrons. The first-order valence-electron chi connectivity index (χ1n) is 7.19. The summed E-state index contributed by atoms with van der Waals surface area (Å²) in [5.41, 5.74) is 8.10. The van der Waals surface area contributed by atoms with Crippen LogP contribution in [0.3, 0.4) is 0 Å². The summed E-state index contributed by atoms with van der Waals surface area (Å²) in [4.78, 5) is 14.5. The third-order valence-electron chi connectivity index (χ3n) is 4.37. The molecule has 3 rings (SSSR count). The SMILES string of the molecule is COc1cccc2c1CCC2(N)C(=O)N(C)c1cnn(C)c1. The van der Waals surface area contributed by atoms with Gasteiger partial charge in [-0.3, -0.25) is 9.48 Å². The van der Waals surface area contributed by atoms with Crippen LogP contribution in [-0.4, -0.2) is 29.8 Å². The summed E-state index contributed by atoms with van der Waals surface area (Å²) in [5.74, 6) is 0.661. The summed E-state index contributed by atoms with van der Waals surface area (Å²) in [5, 5.41) is 4.10. The van der Waals surface area contributed by atoms with Crippen molar-refractivity contribution in [2.75, 3.05) is 19.1 Å². The highest BCUT2D eigenvalue weighted by Crippen LogP contribution is 2.41. The number of hydrogen-bond donors (Lipinski definition) is 1. The Kier molecular flexibility index (Phi) is 3.41. The van der Waals surface area contributed by atoms with Gasteiger partial charge in [0.1, 0.15) is 11.3 Å². The smallest absolute Gasteiger partial charge is 0.251 e. The van der Waals surface area contributed by atoms with E-state index in [1.807, 2.05) is 25.2 Å². The number of carbonyl (C=O) groups is 1. The number of nitrogens with two attached hydrogens (primary N) is 1. The van der Waals surface area contributed by atoms with Crippen molar-refractivity contribution >= 4 is 11.6 Å². The van der Waals surface area contributed by atoms with Crippen molar-refractivity contribution in [3.05, 3.63) is 41.7 Å². The van der Waals surface area contributed by atoms with Crippen LogP contribution in [0.15, 0.2) is 30.6 Å². The van der Waals surface area contributed by atoms with E-state index in [1.165, 1.54) is 0 Å². The van der Waals surface area contributed by atoms with E-state index in [0.717, 1.165) is 29.0 Å². The second-order valence-corrected chi connectivity index (χ2v) is 5.69. The van der Waals surface area contributed by atoms with Gasteiger partial charge in [-0.1, -0.05) is 12.1 Å². The van der Waals surface area contributed by atoms with E-state index in [4.69, 9.17) is 10.5 Å². The van der Waals surface area contributed by atoms with Crippen LogP contribution in [0.25, 0.3) is 0 Å². The molecule has 6 heteroatoms. The molecular formula is C16H20N4O2. The maximum atomic E-state index is 13.0. The average molecular weight is 300 g/mol. The number of ether oxygens (including phenoxy) is 1. The van der Waals surface area contributed by atoms with Crippen molar-refractivity contribution in [3.63, 3.8) is 0 Å². The quantitative estimate of drug-likeness (QED) is 0.924. The lowest BCUT2D eigenvalue weighted by molar-refractivity contribution is -0.123. The molecule has 1 aromatic carbocycles. The van der Waals surface area contributed by atoms with Gasteiger partial charge in [0.25, 0.3) is 5.91 Å². The molecule has 1 aromatic heterocycles. The molecule has 116 valence electrons. The van der Waals surface area contributed by atoms with Crippen molar-refractivity contribution in [2.24, 2.45) is 12.8 Å². The topological polar surface area (TPSA) is 73.4 Å². The average Bonchev–Trinajstić information content (AvgIpc) is 3.11. The number of amides is 1. The maximum Gasteiger partial charge on any atom is 0.251 e. The van der Waals surface area contributed by atoms with Crippen molar-refractivity contribution in [2.45, 2.75) is 18.4 Å². The number of carbonyl (C=O) groups excluding carboxylic acids is 1. The Balaban J connectivity index is 1.98. The van der Waals surface area contributed by atoms with E-state index in [-0.39, 0.29) is 5.91 Å². The van der Waals surface area contributed by atoms with Gasteiger partial charge in [0.15, 0.2) is 0 Å². The number of rotatable bonds is 3. The third-order valence-corrected chi connectivity index (χ3v) is 4.37. The Labute approximate surface area is 129 Å². The minimum atomic E-state index is -1.02.